The van der Waals surface area contributed by atoms with Gasteiger partial charge in [0.1, 0.15) is 18.1 Å². The summed E-state index contributed by atoms with van der Waals surface area (Å²) in [6, 6.07) is 6.27. The van der Waals surface area contributed by atoms with Gasteiger partial charge in [-0.1, -0.05) is 0 Å². The molecular weight excluding hydrogens is 428 g/mol. The lowest BCUT2D eigenvalue weighted by Crippen LogP contribution is -2.29. The molecule has 1 saturated carbocycles. The fourth-order valence-corrected chi connectivity index (χ4v) is 4.35. The van der Waals surface area contributed by atoms with E-state index in [0.29, 0.717) is 17.2 Å². The molecule has 168 valence electrons. The molecule has 0 bridgehead atoms. The lowest BCUT2D eigenvalue weighted by atomic mass is 9.91. The molecule has 0 spiro atoms. The molecule has 4 aromatic rings. The van der Waals surface area contributed by atoms with E-state index in [9.17, 15) is 14.0 Å². The van der Waals surface area contributed by atoms with E-state index in [-0.39, 0.29) is 17.6 Å². The van der Waals surface area contributed by atoms with Gasteiger partial charge in [-0.05, 0) is 37.8 Å². The van der Waals surface area contributed by atoms with Crippen LogP contribution >= 0.6 is 0 Å². The summed E-state index contributed by atoms with van der Waals surface area (Å²) in [6.45, 7) is -0.515. The molecule has 9 nitrogen and oxygen atoms in total. The number of nitriles is 1. The number of nitrogens with zero attached hydrogens (tertiary/aromatic N) is 8. The quantitative estimate of drug-likeness (QED) is 0.476. The minimum atomic E-state index is -2.52. The molecule has 1 N–H and O–H groups in total. The van der Waals surface area contributed by atoms with Crippen LogP contribution in [0, 0.1) is 11.3 Å². The Labute approximate surface area is 188 Å². The number of pyridine rings is 1. The second-order valence-electron chi connectivity index (χ2n) is 8.07. The van der Waals surface area contributed by atoms with Crippen LogP contribution in [0.3, 0.4) is 0 Å². The number of hydrogen-bond acceptors (Lipinski definition) is 7. The van der Waals surface area contributed by atoms with Crippen LogP contribution in [0.4, 0.5) is 14.7 Å². The van der Waals surface area contributed by atoms with Crippen LogP contribution in [0.5, 0.6) is 0 Å². The van der Waals surface area contributed by atoms with Gasteiger partial charge in [-0.2, -0.15) is 10.4 Å². The first-order valence-electron chi connectivity index (χ1n) is 10.7. The normalized spacial score (nSPS) is 18.5. The zero-order chi connectivity index (χ0) is 22.8. The molecule has 0 radical (unpaired) electrons. The van der Waals surface area contributed by atoms with Crippen molar-refractivity contribution in [3.05, 3.63) is 48.8 Å². The summed E-state index contributed by atoms with van der Waals surface area (Å²) in [5.41, 5.74) is 2.87. The largest absolute Gasteiger partial charge is 0.351 e. The Morgan fingerprint density at radius 2 is 2.12 bits per heavy atom. The molecule has 4 aromatic heterocycles. The number of anilines is 1. The standard InChI is InChI=1S/C22H21F2N9/c23-19(24)12-32-11-15(10-29-32)20-14(8-25)9-27-22(31-20)30-16-3-1-4-17(7-16)33-13-28-18-5-2-6-26-21(18)33/h2,5-6,9-11,13,16-17,19H,1,3-4,7,12H2,(H,27,30,31)/t16-,17+/m1/s1. The van der Waals surface area contributed by atoms with Crippen molar-refractivity contribution < 1.29 is 8.78 Å². The predicted molar refractivity (Wildman–Crippen MR) is 116 cm³/mol. The summed E-state index contributed by atoms with van der Waals surface area (Å²) in [5, 5.41) is 16.8. The van der Waals surface area contributed by atoms with Gasteiger partial charge in [0.05, 0.1) is 30.0 Å². The zero-order valence-electron chi connectivity index (χ0n) is 17.6. The van der Waals surface area contributed by atoms with E-state index in [0.717, 1.165) is 41.5 Å². The van der Waals surface area contributed by atoms with E-state index in [4.69, 9.17) is 0 Å². The van der Waals surface area contributed by atoms with Crippen LogP contribution in [0.25, 0.3) is 22.4 Å². The number of fused-ring (bicyclic) bond motifs is 1. The Morgan fingerprint density at radius 3 is 2.97 bits per heavy atom. The van der Waals surface area contributed by atoms with E-state index >= 15 is 0 Å². The Balaban J connectivity index is 1.35. The second kappa shape index (κ2) is 8.90. The van der Waals surface area contributed by atoms with Crippen molar-refractivity contribution in [3.63, 3.8) is 0 Å². The van der Waals surface area contributed by atoms with Crippen molar-refractivity contribution in [2.24, 2.45) is 0 Å². The highest BCUT2D eigenvalue weighted by Crippen LogP contribution is 2.32. The van der Waals surface area contributed by atoms with Gasteiger partial charge >= 0.3 is 0 Å². The maximum absolute atomic E-state index is 12.7. The summed E-state index contributed by atoms with van der Waals surface area (Å²) in [5.74, 6) is 0.393. The van der Waals surface area contributed by atoms with Gasteiger partial charge in [0.15, 0.2) is 5.65 Å². The zero-order valence-corrected chi connectivity index (χ0v) is 17.6. The summed E-state index contributed by atoms with van der Waals surface area (Å²) in [7, 11) is 0. The molecule has 1 aliphatic rings. The van der Waals surface area contributed by atoms with Crippen LogP contribution < -0.4 is 5.32 Å². The highest BCUT2D eigenvalue weighted by molar-refractivity contribution is 5.70. The number of aromatic nitrogens is 7. The van der Waals surface area contributed by atoms with Crippen molar-refractivity contribution in [1.29, 1.82) is 5.26 Å². The molecule has 1 fully saturated rings. The first-order chi connectivity index (χ1) is 16.1. The monoisotopic (exact) mass is 449 g/mol. The van der Waals surface area contributed by atoms with Gasteiger partial charge in [-0.25, -0.2) is 28.7 Å². The van der Waals surface area contributed by atoms with Crippen LogP contribution in [0.15, 0.2) is 43.2 Å². The van der Waals surface area contributed by atoms with Gasteiger partial charge in [0.25, 0.3) is 6.43 Å². The molecular formula is C22H21F2N9. The number of imidazole rings is 1. The summed E-state index contributed by atoms with van der Waals surface area (Å²) >= 11 is 0. The average molecular weight is 449 g/mol. The number of alkyl halides is 2. The molecule has 4 heterocycles. The van der Waals surface area contributed by atoms with E-state index in [2.05, 4.69) is 41.0 Å². The van der Waals surface area contributed by atoms with Crippen molar-refractivity contribution in [2.45, 2.75) is 50.7 Å². The Bertz CT molecular complexity index is 1310. The number of nitrogens with one attached hydrogen (secondary N) is 1. The molecule has 0 aromatic carbocycles. The first-order valence-corrected chi connectivity index (χ1v) is 10.7. The number of hydrogen-bond donors (Lipinski definition) is 1. The Morgan fingerprint density at radius 1 is 1.21 bits per heavy atom. The van der Waals surface area contributed by atoms with E-state index in [1.165, 1.54) is 18.6 Å². The lowest BCUT2D eigenvalue weighted by molar-refractivity contribution is 0.122. The van der Waals surface area contributed by atoms with Crippen LogP contribution in [-0.2, 0) is 6.54 Å². The van der Waals surface area contributed by atoms with E-state index < -0.39 is 13.0 Å². The molecule has 5 rings (SSSR count). The highest BCUT2D eigenvalue weighted by Gasteiger charge is 2.25. The third-order valence-electron chi connectivity index (χ3n) is 5.85. The highest BCUT2D eigenvalue weighted by atomic mass is 19.3. The van der Waals surface area contributed by atoms with E-state index in [1.807, 2.05) is 18.5 Å². The Hall–Kier alpha value is -3.94. The van der Waals surface area contributed by atoms with Crippen LogP contribution in [0.2, 0.25) is 0 Å². The molecule has 0 saturated heterocycles. The van der Waals surface area contributed by atoms with Crippen LogP contribution in [-0.4, -0.2) is 46.8 Å². The minimum absolute atomic E-state index is 0.132. The molecule has 1 aliphatic carbocycles. The molecule has 0 aliphatic heterocycles. The third-order valence-corrected chi connectivity index (χ3v) is 5.85. The van der Waals surface area contributed by atoms with Crippen molar-refractivity contribution in [1.82, 2.24) is 34.3 Å². The summed E-state index contributed by atoms with van der Waals surface area (Å²) in [4.78, 5) is 17.8. The molecule has 0 unspecified atom stereocenters. The van der Waals surface area contributed by atoms with E-state index in [1.54, 1.807) is 6.20 Å². The molecule has 2 atom stereocenters. The van der Waals surface area contributed by atoms with Crippen molar-refractivity contribution in [3.8, 4) is 17.3 Å². The average Bonchev–Trinajstić information content (AvgIpc) is 3.46. The van der Waals surface area contributed by atoms with Crippen LogP contribution in [0.1, 0.15) is 37.3 Å². The van der Waals surface area contributed by atoms with Gasteiger partial charge in [-0.15, -0.1) is 0 Å². The van der Waals surface area contributed by atoms with Gasteiger partial charge in [0.2, 0.25) is 5.95 Å². The summed E-state index contributed by atoms with van der Waals surface area (Å²) in [6.07, 6.45) is 9.32. The van der Waals surface area contributed by atoms with Crippen molar-refractivity contribution in [2.75, 3.05) is 5.32 Å². The maximum Gasteiger partial charge on any atom is 0.257 e. The first kappa shape index (κ1) is 20.9. The smallest absolute Gasteiger partial charge is 0.257 e. The lowest BCUT2D eigenvalue weighted by Gasteiger charge is -2.30. The number of rotatable bonds is 6. The second-order valence-corrected chi connectivity index (χ2v) is 8.07. The minimum Gasteiger partial charge on any atom is -0.351 e. The van der Waals surface area contributed by atoms with Gasteiger partial charge in [0, 0.05) is 30.0 Å². The molecule has 11 heteroatoms. The number of halogens is 2. The molecule has 33 heavy (non-hydrogen) atoms. The van der Waals surface area contributed by atoms with Crippen molar-refractivity contribution >= 4 is 17.1 Å². The Kier molecular flexibility index (Phi) is 5.64. The predicted octanol–water partition coefficient (Wildman–Crippen LogP) is 3.82. The van der Waals surface area contributed by atoms with Gasteiger partial charge in [-0.3, -0.25) is 4.68 Å². The fraction of sp³-hybridized carbons (Fsp3) is 0.364. The maximum atomic E-state index is 12.7. The van der Waals surface area contributed by atoms with Gasteiger partial charge < -0.3 is 9.88 Å². The third kappa shape index (κ3) is 4.37. The molecule has 0 amide bonds. The fourth-order valence-electron chi connectivity index (χ4n) is 4.35. The SMILES string of the molecule is N#Cc1cnc(N[C@@H]2CCC[C@H](n3cnc4cccnc43)C2)nc1-c1cnn(CC(F)F)c1. The topological polar surface area (TPSA) is 110 Å². The summed E-state index contributed by atoms with van der Waals surface area (Å²) < 4.78 is 28.6.